The molecule has 3 aliphatic heterocycles. The predicted octanol–water partition coefficient (Wildman–Crippen LogP) is 12.1. The third-order valence-electron chi connectivity index (χ3n) is 30.9. The van der Waals surface area contributed by atoms with E-state index in [1.165, 1.54) is 24.0 Å². The van der Waals surface area contributed by atoms with Crippen LogP contribution in [-0.4, -0.2) is 104 Å². The lowest BCUT2D eigenvalue weighted by Gasteiger charge is -2.76. The molecule has 0 aromatic heterocycles. The third-order valence-corrected chi connectivity index (χ3v) is 33.5. The number of benzene rings is 3. The Morgan fingerprint density at radius 3 is 2.34 bits per heavy atom. The molecule has 3 aromatic carbocycles. The van der Waals surface area contributed by atoms with Crippen LogP contribution in [0.3, 0.4) is 0 Å². The number of carbonyl (C=O) groups is 2. The summed E-state index contributed by atoms with van der Waals surface area (Å²) in [6.45, 7) is 2.29. The summed E-state index contributed by atoms with van der Waals surface area (Å²) in [7, 11) is 6.01. The van der Waals surface area contributed by atoms with Crippen LogP contribution in [-0.2, 0) is 38.5 Å². The topological polar surface area (TPSA) is 166 Å². The van der Waals surface area contributed by atoms with Crippen LogP contribution >= 0.6 is 21.6 Å². The number of aliphatic hydroxyl groups is 5. The number of hydrogen-bond donors (Lipinski definition) is 6. The number of aliphatic hydroxyl groups excluding tert-OH is 2. The lowest BCUT2D eigenvalue weighted by molar-refractivity contribution is -0.394. The molecule has 10 nitrogen and oxygen atoms in total. The zero-order valence-corrected chi connectivity index (χ0v) is 56.2. The summed E-state index contributed by atoms with van der Waals surface area (Å²) < 4.78 is 14.6. The highest BCUT2D eigenvalue weighted by Gasteiger charge is 2.88. The summed E-state index contributed by atoms with van der Waals surface area (Å²) in [6.07, 6.45) is 16.5. The average Bonchev–Trinajstić information content (AvgIpc) is 1.62. The van der Waals surface area contributed by atoms with Crippen molar-refractivity contribution in [3.8, 4) is 23.7 Å². The van der Waals surface area contributed by atoms with Crippen molar-refractivity contribution in [3.05, 3.63) is 118 Å². The monoisotopic (exact) mass is 1290 g/mol. The van der Waals surface area contributed by atoms with Gasteiger partial charge in [-0.3, -0.25) is 0 Å². The minimum atomic E-state index is -2.27. The van der Waals surface area contributed by atoms with E-state index in [-0.39, 0.29) is 84.6 Å². The van der Waals surface area contributed by atoms with Crippen molar-refractivity contribution in [3.63, 3.8) is 0 Å². The van der Waals surface area contributed by atoms with E-state index >= 15 is 20.1 Å². The quantitative estimate of drug-likeness (QED) is 0.0621. The maximum absolute atomic E-state index is 16.2. The number of carbonyl (C=O) groups excluding carboxylic acids is 2. The first-order valence-corrected chi connectivity index (χ1v) is 39.3. The van der Waals surface area contributed by atoms with Crippen molar-refractivity contribution in [2.45, 2.75) is 214 Å². The molecule has 10 saturated carbocycles. The fraction of sp³-hybridized carbons (Fsp3) is 0.679. The van der Waals surface area contributed by atoms with Crippen molar-refractivity contribution < 1.29 is 44.6 Å². The average molecular weight is 1290 g/mol. The van der Waals surface area contributed by atoms with Gasteiger partial charge in [0.05, 0.1) is 35.9 Å². The summed E-state index contributed by atoms with van der Waals surface area (Å²) in [5, 5.41) is 76.8. The Morgan fingerprint density at radius 2 is 1.54 bits per heavy atom. The summed E-state index contributed by atoms with van der Waals surface area (Å²) in [4.78, 5) is 30.7. The Balaban J connectivity index is 0.849. The van der Waals surface area contributed by atoms with Crippen molar-refractivity contribution in [1.82, 2.24) is 5.32 Å². The Labute approximate surface area is 558 Å². The van der Waals surface area contributed by atoms with Crippen LogP contribution in [0.1, 0.15) is 181 Å². The van der Waals surface area contributed by atoms with Crippen LogP contribution < -0.4 is 5.32 Å². The number of nitrogens with one attached hydrogen (secondary N) is 1. The Bertz CT molecular complexity index is 3650. The molecule has 12 heteroatoms. The van der Waals surface area contributed by atoms with E-state index in [2.05, 4.69) is 103 Å². The molecule has 3 heterocycles. The van der Waals surface area contributed by atoms with E-state index in [9.17, 15) is 15.0 Å². The number of rotatable bonds is 5. The van der Waals surface area contributed by atoms with E-state index in [1.807, 2.05) is 34.7 Å². The first kappa shape index (κ1) is 61.4. The highest BCUT2D eigenvalue weighted by Crippen LogP contribution is 2.82. The smallest absolute Gasteiger partial charge is 0.331 e. The first-order chi connectivity index (χ1) is 45.1. The molecule has 28 unspecified atom stereocenters. The van der Waals surface area contributed by atoms with E-state index in [0.29, 0.717) is 87.9 Å². The van der Waals surface area contributed by atoms with Crippen LogP contribution in [0, 0.1) is 128 Å². The number of aldehydes is 1. The molecule has 492 valence electrons. The van der Waals surface area contributed by atoms with Gasteiger partial charge >= 0.3 is 5.97 Å². The van der Waals surface area contributed by atoms with Gasteiger partial charge in [-0.15, -0.1) is 0 Å². The molecular weight excluding hydrogens is 1200 g/mol. The van der Waals surface area contributed by atoms with Crippen LogP contribution in [0.2, 0.25) is 0 Å². The van der Waals surface area contributed by atoms with Crippen LogP contribution in [0.5, 0.6) is 0 Å². The van der Waals surface area contributed by atoms with Gasteiger partial charge < -0.3 is 45.1 Å². The van der Waals surface area contributed by atoms with E-state index in [4.69, 9.17) is 9.47 Å². The van der Waals surface area contributed by atoms with Gasteiger partial charge in [0.15, 0.2) is 0 Å². The molecule has 3 spiro atoms. The molecule has 19 rings (SSSR count). The molecule has 3 aromatic rings. The number of esters is 1. The standard InChI is InChI=1S/C81H97NO9S2/c1-46-51-17-16-47(30-51)41-92-93-42-59-35-58-32-56-31-53(48-10-5-3-6-11-48)21-22-65(56)78(58)44-77(45-84)69-26-29-76-43-75-27-24-54(38-75)60(49-12-7-4-8-13-49)15-9-14-50-18-19-55(40-83)62(61(50)25-28-75)36-68(82-2)63-33-57(71(76)64-37-70(85)91-72(63)64)39-79(76,87)81(69,89)73(86)67-34-52(46)20-23-66(74(78)90-59)80(67,77)88/h3-8,10-13,18-19,37,45-47,51-54,56-60,63,65-69,71-74,82-83,86-89H,14,16-17,20-24,26-27,29-36,38-44H2,1-2H3. The number of likely N-dealkylation sites (N-methyl/N-ethyl adjacent to an activating group) is 1. The minimum absolute atomic E-state index is 0.00347. The van der Waals surface area contributed by atoms with Gasteiger partial charge in [0, 0.05) is 81.4 Å². The van der Waals surface area contributed by atoms with Crippen molar-refractivity contribution in [2.75, 3.05) is 18.6 Å². The molecule has 6 N–H and O–H groups in total. The van der Waals surface area contributed by atoms with Crippen LogP contribution in [0.15, 0.2) is 84.4 Å². The Kier molecular flexibility index (Phi) is 14.7. The third kappa shape index (κ3) is 8.50. The summed E-state index contributed by atoms with van der Waals surface area (Å²) >= 11 is 0. The molecule has 13 aliphatic carbocycles. The van der Waals surface area contributed by atoms with Gasteiger partial charge in [0.1, 0.15) is 23.6 Å². The van der Waals surface area contributed by atoms with Crippen molar-refractivity contribution >= 4 is 33.8 Å². The van der Waals surface area contributed by atoms with Crippen LogP contribution in [0.25, 0.3) is 0 Å². The van der Waals surface area contributed by atoms with E-state index in [0.717, 1.165) is 103 Å². The second-order valence-electron chi connectivity index (χ2n) is 33.9. The number of ether oxygens (including phenoxy) is 2. The summed E-state index contributed by atoms with van der Waals surface area (Å²) in [5.41, 5.74) is -2.76. The van der Waals surface area contributed by atoms with Gasteiger partial charge in [-0.1, -0.05) is 125 Å². The number of fused-ring (bicyclic) bond motifs is 11. The second kappa shape index (κ2) is 22.3. The van der Waals surface area contributed by atoms with Gasteiger partial charge in [-0.25, -0.2) is 4.79 Å². The number of hydrogen-bond acceptors (Lipinski definition) is 12. The lowest BCUT2D eigenvalue weighted by atomic mass is 9.31. The van der Waals surface area contributed by atoms with Crippen molar-refractivity contribution in [1.29, 1.82) is 0 Å². The van der Waals surface area contributed by atoms with Crippen molar-refractivity contribution in [2.24, 2.45) is 105 Å². The van der Waals surface area contributed by atoms with Gasteiger partial charge in [0.2, 0.25) is 0 Å². The second-order valence-corrected chi connectivity index (χ2v) is 36.4. The molecule has 28 atom stereocenters. The van der Waals surface area contributed by atoms with Gasteiger partial charge in [-0.2, -0.15) is 0 Å². The largest absolute Gasteiger partial charge is 0.454 e. The van der Waals surface area contributed by atoms with Crippen LogP contribution in [0.4, 0.5) is 0 Å². The Morgan fingerprint density at radius 1 is 0.753 bits per heavy atom. The van der Waals surface area contributed by atoms with Gasteiger partial charge in [0.25, 0.3) is 0 Å². The van der Waals surface area contributed by atoms with Gasteiger partial charge in [-0.05, 0) is 240 Å². The lowest BCUT2D eigenvalue weighted by Crippen LogP contribution is -2.87. The SMILES string of the molecule is CNC1Cc2c(CO)ccc3c2C#CC2(CCC(C2)C(c2ccccc2)C#CC3)CC23CCC4C5(C=O)CC67C(CC8CSSCC9CCC(C9)C(C)C9CCC(C6O8)C5(O)C(C9)C(O)C4(O)C2(O)CC2CC1C1OC(=O)C=C1C23)CC1CC(c2ccccc2)CCC17. The minimum Gasteiger partial charge on any atom is -0.454 e. The highest BCUT2D eigenvalue weighted by molar-refractivity contribution is 8.76. The van der Waals surface area contributed by atoms with E-state index in [1.54, 1.807) is 6.08 Å². The molecule has 12 fully saturated rings. The molecule has 93 heavy (non-hydrogen) atoms. The highest BCUT2D eigenvalue weighted by atomic mass is 33.1. The summed E-state index contributed by atoms with van der Waals surface area (Å²) in [5.74, 6) is 16.8. The molecular formula is C81H97NO9S2. The normalized spacial score (nSPS) is 50.1. The Hall–Kier alpha value is -3.92. The molecule has 2 saturated heterocycles. The first-order valence-electron chi connectivity index (χ1n) is 36.8. The molecule has 0 radical (unpaired) electrons. The maximum atomic E-state index is 16.2. The fourth-order valence-electron chi connectivity index (χ4n) is 27.4. The zero-order valence-electron chi connectivity index (χ0n) is 54.6. The molecule has 16 aliphatic rings. The zero-order chi connectivity index (χ0) is 63.2. The van der Waals surface area contributed by atoms with E-state index < -0.39 is 74.3 Å². The molecule has 13 bridgehead atoms. The fourth-order valence-corrected chi connectivity index (χ4v) is 30.1. The molecule has 0 amide bonds. The maximum Gasteiger partial charge on any atom is 0.331 e. The predicted molar refractivity (Wildman–Crippen MR) is 361 cm³/mol. The summed E-state index contributed by atoms with van der Waals surface area (Å²) in [6, 6.07) is 25.7.